The van der Waals surface area contributed by atoms with Crippen LogP contribution in [0.3, 0.4) is 0 Å². The van der Waals surface area contributed by atoms with Crippen LogP contribution in [-0.2, 0) is 24.7 Å². The van der Waals surface area contributed by atoms with Gasteiger partial charge in [-0.1, -0.05) is 37.3 Å². The van der Waals surface area contributed by atoms with Crippen LogP contribution in [-0.4, -0.2) is 31.3 Å². The van der Waals surface area contributed by atoms with Gasteiger partial charge in [0.15, 0.2) is 0 Å². The maximum atomic E-state index is 13.5. The molecule has 6 saturated carbocycles. The summed E-state index contributed by atoms with van der Waals surface area (Å²) >= 11 is 0. The molecule has 1 spiro atoms. The van der Waals surface area contributed by atoms with Crippen molar-refractivity contribution in [3.63, 3.8) is 0 Å². The molecule has 9 atom stereocenters. The monoisotopic (exact) mass is 396 g/mol. The zero-order valence-corrected chi connectivity index (χ0v) is 17.1. The molecule has 0 heterocycles. The Morgan fingerprint density at radius 2 is 1.76 bits per heavy atom. The molecule has 7 rings (SSSR count). The Hall–Kier alpha value is -1.88. The van der Waals surface area contributed by atoms with Crippen molar-refractivity contribution in [1.82, 2.24) is 0 Å². The van der Waals surface area contributed by atoms with Crippen LogP contribution in [0.1, 0.15) is 31.7 Å². The normalized spacial score (nSPS) is 49.0. The Labute approximate surface area is 170 Å². The fourth-order valence-electron chi connectivity index (χ4n) is 9.56. The van der Waals surface area contributed by atoms with E-state index < -0.39 is 16.9 Å². The molecule has 6 aliphatic carbocycles. The highest BCUT2D eigenvalue weighted by Crippen LogP contribution is 2.95. The van der Waals surface area contributed by atoms with Gasteiger partial charge >= 0.3 is 11.9 Å². The number of benzene rings is 1. The van der Waals surface area contributed by atoms with E-state index in [-0.39, 0.29) is 52.9 Å². The van der Waals surface area contributed by atoms with E-state index in [4.69, 9.17) is 9.47 Å². The molecule has 1 aromatic rings. The topological polar surface area (TPSA) is 72.8 Å². The predicted octanol–water partition coefficient (Wildman–Crippen LogP) is 2.76. The maximum Gasteiger partial charge on any atom is 0.313 e. The number of esters is 2. The van der Waals surface area contributed by atoms with Gasteiger partial charge in [-0.15, -0.1) is 0 Å². The average Bonchev–Trinajstić information content (AvgIpc) is 3.09. The summed E-state index contributed by atoms with van der Waals surface area (Å²) in [5.41, 5.74) is -0.819. The molecular formula is C24H28O5. The van der Waals surface area contributed by atoms with Crippen molar-refractivity contribution in [3.8, 4) is 0 Å². The van der Waals surface area contributed by atoms with Crippen molar-refractivity contribution in [1.29, 1.82) is 0 Å². The summed E-state index contributed by atoms with van der Waals surface area (Å²) in [6.45, 7) is 2.09. The molecule has 6 bridgehead atoms. The standard InChI is InChI=1S/C24H28O5/c1-4-13-15-14-16-18(20(25)28-2)23(15,21(26)29-3)19(22(16)10-11-22)17(14)24(13,27)12-8-6-5-7-9-12/h5-9,13-19,27H,4,10-11H2,1-3H3/t13-,14-,15+,16-,17-,18-,19-,23-,24-/m1/s1. The van der Waals surface area contributed by atoms with E-state index >= 15 is 0 Å². The van der Waals surface area contributed by atoms with E-state index in [0.29, 0.717) is 0 Å². The molecule has 6 fully saturated rings. The average molecular weight is 396 g/mol. The number of hydrogen-bond donors (Lipinski definition) is 1. The first kappa shape index (κ1) is 17.9. The molecule has 29 heavy (non-hydrogen) atoms. The molecule has 0 unspecified atom stereocenters. The third kappa shape index (κ3) is 1.55. The molecule has 154 valence electrons. The Balaban J connectivity index is 1.59. The second kappa shape index (κ2) is 5.23. The molecular weight excluding hydrogens is 368 g/mol. The summed E-state index contributed by atoms with van der Waals surface area (Å²) in [7, 11) is 2.86. The van der Waals surface area contributed by atoms with Crippen molar-refractivity contribution in [2.24, 2.45) is 52.3 Å². The molecule has 1 N–H and O–H groups in total. The van der Waals surface area contributed by atoms with Crippen LogP contribution in [0.15, 0.2) is 30.3 Å². The number of carbonyl (C=O) groups excluding carboxylic acids is 2. The molecule has 0 aliphatic heterocycles. The highest BCUT2D eigenvalue weighted by Gasteiger charge is 2.97. The van der Waals surface area contributed by atoms with Crippen molar-refractivity contribution >= 4 is 11.9 Å². The van der Waals surface area contributed by atoms with E-state index in [1.165, 1.54) is 14.2 Å². The van der Waals surface area contributed by atoms with Crippen molar-refractivity contribution in [2.45, 2.75) is 31.8 Å². The lowest BCUT2D eigenvalue weighted by atomic mass is 9.53. The third-order valence-corrected chi connectivity index (χ3v) is 9.83. The molecule has 6 aliphatic rings. The van der Waals surface area contributed by atoms with Gasteiger partial charge in [0.1, 0.15) is 0 Å². The molecule has 5 nitrogen and oxygen atoms in total. The lowest BCUT2D eigenvalue weighted by Crippen LogP contribution is -2.58. The number of hydrogen-bond acceptors (Lipinski definition) is 5. The molecule has 0 amide bonds. The SMILES string of the molecule is CC[C@@H]1[C@H]2[C@@H]3[C@@H]4[C@H](C(=O)OC)[C@@]2(C(=O)OC)[C@H]([C@@H]3[C@@]1(O)c1ccccc1)C41CC1. The quantitative estimate of drug-likeness (QED) is 0.793. The van der Waals surface area contributed by atoms with Gasteiger partial charge in [0.2, 0.25) is 0 Å². The minimum atomic E-state index is -0.945. The Morgan fingerprint density at radius 1 is 1.07 bits per heavy atom. The van der Waals surface area contributed by atoms with Crippen LogP contribution in [0, 0.1) is 52.3 Å². The van der Waals surface area contributed by atoms with Gasteiger partial charge in [-0.3, -0.25) is 9.59 Å². The van der Waals surface area contributed by atoms with Gasteiger partial charge in [0.05, 0.1) is 31.2 Å². The molecule has 1 aromatic carbocycles. The second-order valence-electron chi connectivity index (χ2n) is 10.00. The number of carbonyl (C=O) groups is 2. The zero-order chi connectivity index (χ0) is 20.3. The molecule has 0 aromatic heterocycles. The number of aliphatic hydroxyl groups is 1. The van der Waals surface area contributed by atoms with Crippen molar-refractivity contribution in [2.75, 3.05) is 14.2 Å². The van der Waals surface area contributed by atoms with Crippen LogP contribution in [0.2, 0.25) is 0 Å². The first-order valence-corrected chi connectivity index (χ1v) is 10.9. The zero-order valence-electron chi connectivity index (χ0n) is 17.1. The summed E-state index contributed by atoms with van der Waals surface area (Å²) in [4.78, 5) is 26.5. The second-order valence-corrected chi connectivity index (χ2v) is 10.00. The third-order valence-electron chi connectivity index (χ3n) is 9.83. The first-order valence-electron chi connectivity index (χ1n) is 10.9. The van der Waals surface area contributed by atoms with E-state index in [1.54, 1.807) is 0 Å². The summed E-state index contributed by atoms with van der Waals surface area (Å²) in [5, 5.41) is 12.3. The summed E-state index contributed by atoms with van der Waals surface area (Å²) in [6, 6.07) is 9.98. The molecule has 0 radical (unpaired) electrons. The molecule has 0 saturated heterocycles. The number of ether oxygens (including phenoxy) is 2. The Kier molecular flexibility index (Phi) is 3.24. The van der Waals surface area contributed by atoms with Crippen molar-refractivity contribution < 1.29 is 24.2 Å². The number of rotatable bonds is 4. The summed E-state index contributed by atoms with van der Waals surface area (Å²) in [5.74, 6) is -0.721. The van der Waals surface area contributed by atoms with Crippen molar-refractivity contribution in [3.05, 3.63) is 35.9 Å². The van der Waals surface area contributed by atoms with E-state index in [1.807, 2.05) is 30.3 Å². The minimum absolute atomic E-state index is 0.000349. The fourth-order valence-corrected chi connectivity index (χ4v) is 9.56. The highest BCUT2D eigenvalue weighted by atomic mass is 16.5. The minimum Gasteiger partial charge on any atom is -0.469 e. The summed E-state index contributed by atoms with van der Waals surface area (Å²) in [6.07, 6.45) is 2.84. The van der Waals surface area contributed by atoms with Gasteiger partial charge in [-0.25, -0.2) is 0 Å². The smallest absolute Gasteiger partial charge is 0.313 e. The largest absolute Gasteiger partial charge is 0.469 e. The van der Waals surface area contributed by atoms with Gasteiger partial charge in [-0.05, 0) is 59.8 Å². The van der Waals surface area contributed by atoms with Gasteiger partial charge in [-0.2, -0.15) is 0 Å². The lowest BCUT2D eigenvalue weighted by molar-refractivity contribution is -0.190. The summed E-state index contributed by atoms with van der Waals surface area (Å²) < 4.78 is 10.6. The van der Waals surface area contributed by atoms with E-state index in [9.17, 15) is 14.7 Å². The molecule has 5 heteroatoms. The Bertz CT molecular complexity index is 907. The van der Waals surface area contributed by atoms with Crippen LogP contribution < -0.4 is 0 Å². The van der Waals surface area contributed by atoms with Gasteiger partial charge < -0.3 is 14.6 Å². The van der Waals surface area contributed by atoms with Gasteiger partial charge in [0.25, 0.3) is 0 Å². The van der Waals surface area contributed by atoms with Crippen LogP contribution in [0.5, 0.6) is 0 Å². The van der Waals surface area contributed by atoms with Crippen LogP contribution >= 0.6 is 0 Å². The highest BCUT2D eigenvalue weighted by molar-refractivity contribution is 5.90. The Morgan fingerprint density at radius 3 is 2.31 bits per heavy atom. The maximum absolute atomic E-state index is 13.5. The first-order chi connectivity index (χ1) is 14.0. The lowest BCUT2D eigenvalue weighted by Gasteiger charge is -2.51. The van der Waals surface area contributed by atoms with E-state index in [0.717, 1.165) is 24.8 Å². The van der Waals surface area contributed by atoms with E-state index in [2.05, 4.69) is 6.92 Å². The fraction of sp³-hybridized carbons (Fsp3) is 0.667. The van der Waals surface area contributed by atoms with Crippen LogP contribution in [0.25, 0.3) is 0 Å². The number of methoxy groups -OCH3 is 2. The van der Waals surface area contributed by atoms with Gasteiger partial charge in [0, 0.05) is 5.92 Å². The van der Waals surface area contributed by atoms with Crippen LogP contribution in [0.4, 0.5) is 0 Å². The predicted molar refractivity (Wildman–Crippen MR) is 103 cm³/mol.